The molecule has 0 atom stereocenters. The number of nitrogens with one attached hydrogen (secondary N) is 1. The van der Waals surface area contributed by atoms with Gasteiger partial charge in [0.05, 0.1) is 12.4 Å². The number of carbonyl (C=O) groups is 2. The zero-order chi connectivity index (χ0) is 16.5. The smallest absolute Gasteiger partial charge is 0.550 e. The molecule has 0 aliphatic rings. The van der Waals surface area contributed by atoms with Gasteiger partial charge in [0.25, 0.3) is 0 Å². The molecule has 1 N–H and O–H groups in total. The van der Waals surface area contributed by atoms with Crippen molar-refractivity contribution in [1.29, 1.82) is 0 Å². The number of aliphatic carboxylic acids is 1. The largest absolute Gasteiger partial charge is 1.00 e. The number of hydrogen-bond acceptors (Lipinski definition) is 4. The summed E-state index contributed by atoms with van der Waals surface area (Å²) in [5.74, 6) is -0.353. The Morgan fingerprint density at radius 2 is 1.71 bits per heavy atom. The monoisotopic (exact) mass is 351 g/mol. The van der Waals surface area contributed by atoms with Gasteiger partial charge in [-0.1, -0.05) is 30.3 Å². The Balaban J connectivity index is 0.00000288. The van der Waals surface area contributed by atoms with Crippen molar-refractivity contribution < 1.29 is 70.8 Å². The van der Waals surface area contributed by atoms with E-state index in [0.717, 1.165) is 23.5 Å². The predicted molar refractivity (Wildman–Crippen MR) is 83.9 cm³/mol. The maximum Gasteiger partial charge on any atom is 1.00 e. The molecule has 24 heavy (non-hydrogen) atoms. The molecule has 0 fully saturated rings. The van der Waals surface area contributed by atoms with Crippen molar-refractivity contribution in [2.75, 3.05) is 6.54 Å². The minimum atomic E-state index is -1.37. The number of hydrogen-bond donors (Lipinski definition) is 1. The molecule has 1 amide bonds. The van der Waals surface area contributed by atoms with E-state index in [9.17, 15) is 14.7 Å². The number of aryl methyl sites for hydroxylation is 1. The van der Waals surface area contributed by atoms with Gasteiger partial charge in [-0.3, -0.25) is 4.79 Å². The SMILES string of the molecule is O=C([O-])CC(=O)NCCCc1cccc(Oc2ccccc2)c1.[K+]. The average Bonchev–Trinajstić information content (AvgIpc) is 2.52. The molecule has 0 aliphatic heterocycles. The van der Waals surface area contributed by atoms with Gasteiger partial charge < -0.3 is 20.0 Å². The number of carboxylic acid groups (broad SMARTS) is 1. The number of ether oxygens (including phenoxy) is 1. The summed E-state index contributed by atoms with van der Waals surface area (Å²) in [6, 6.07) is 17.3. The van der Waals surface area contributed by atoms with Crippen LogP contribution < -0.4 is 66.5 Å². The van der Waals surface area contributed by atoms with Crippen molar-refractivity contribution >= 4 is 11.9 Å². The van der Waals surface area contributed by atoms with Crippen molar-refractivity contribution in [2.45, 2.75) is 19.3 Å². The third kappa shape index (κ3) is 8.08. The van der Waals surface area contributed by atoms with E-state index in [-0.39, 0.29) is 51.4 Å². The van der Waals surface area contributed by atoms with Crippen LogP contribution in [0.5, 0.6) is 11.5 Å². The summed E-state index contributed by atoms with van der Waals surface area (Å²) in [6.45, 7) is 0.426. The van der Waals surface area contributed by atoms with Crippen LogP contribution in [0.15, 0.2) is 54.6 Å². The van der Waals surface area contributed by atoms with Crippen molar-refractivity contribution in [3.05, 3.63) is 60.2 Å². The third-order valence-corrected chi connectivity index (χ3v) is 3.15. The summed E-state index contributed by atoms with van der Waals surface area (Å²) in [4.78, 5) is 21.4. The molecule has 120 valence electrons. The summed E-state index contributed by atoms with van der Waals surface area (Å²) in [6.07, 6.45) is 0.881. The Bertz CT molecular complexity index is 661. The van der Waals surface area contributed by atoms with Gasteiger partial charge in [0.2, 0.25) is 5.91 Å². The Labute approximate surface area is 183 Å². The molecule has 0 radical (unpaired) electrons. The van der Waals surface area contributed by atoms with Gasteiger partial charge in [0, 0.05) is 6.54 Å². The van der Waals surface area contributed by atoms with E-state index >= 15 is 0 Å². The van der Waals surface area contributed by atoms with Crippen molar-refractivity contribution in [2.24, 2.45) is 0 Å². The molecule has 0 unspecified atom stereocenters. The fraction of sp³-hybridized carbons (Fsp3) is 0.222. The van der Waals surface area contributed by atoms with E-state index in [2.05, 4.69) is 5.32 Å². The van der Waals surface area contributed by atoms with Crippen LogP contribution in [0.25, 0.3) is 0 Å². The molecule has 2 aromatic carbocycles. The molecule has 5 nitrogen and oxygen atoms in total. The van der Waals surface area contributed by atoms with E-state index in [0.29, 0.717) is 13.0 Å². The number of rotatable bonds is 8. The van der Waals surface area contributed by atoms with Crippen molar-refractivity contribution in [3.63, 3.8) is 0 Å². The number of benzene rings is 2. The third-order valence-electron chi connectivity index (χ3n) is 3.15. The molecule has 2 rings (SSSR count). The molecule has 0 bridgehead atoms. The standard InChI is InChI=1S/C18H19NO4.K/c20-17(13-18(21)22)19-11-5-7-14-6-4-10-16(12-14)23-15-8-2-1-3-9-15;/h1-4,6,8-10,12H,5,7,11,13H2,(H,19,20)(H,21,22);/q;+1/p-1. The van der Waals surface area contributed by atoms with E-state index in [4.69, 9.17) is 4.74 Å². The number of carbonyl (C=O) groups excluding carboxylic acids is 2. The summed E-state index contributed by atoms with van der Waals surface area (Å²) in [5.41, 5.74) is 1.09. The molecule has 0 saturated carbocycles. The van der Waals surface area contributed by atoms with Gasteiger partial charge in [-0.25, -0.2) is 0 Å². The van der Waals surface area contributed by atoms with Crippen LogP contribution in [0.3, 0.4) is 0 Å². The van der Waals surface area contributed by atoms with E-state index < -0.39 is 18.3 Å². The Morgan fingerprint density at radius 3 is 2.42 bits per heavy atom. The Hall–Kier alpha value is -1.18. The van der Waals surface area contributed by atoms with Gasteiger partial charge in [-0.05, 0) is 42.7 Å². The second kappa shape index (κ2) is 11.4. The minimum absolute atomic E-state index is 0. The number of amides is 1. The maximum atomic E-state index is 11.2. The Morgan fingerprint density at radius 1 is 1.00 bits per heavy atom. The van der Waals surface area contributed by atoms with Gasteiger partial charge in [0.1, 0.15) is 11.5 Å². The van der Waals surface area contributed by atoms with E-state index in [1.807, 2.05) is 54.6 Å². The predicted octanol–water partition coefficient (Wildman–Crippen LogP) is -1.33. The molecule has 0 saturated heterocycles. The number of para-hydroxylation sites is 1. The summed E-state index contributed by atoms with van der Waals surface area (Å²) >= 11 is 0. The first-order chi connectivity index (χ1) is 11.1. The van der Waals surface area contributed by atoms with Crippen LogP contribution in [-0.4, -0.2) is 18.4 Å². The van der Waals surface area contributed by atoms with Gasteiger partial charge in [-0.2, -0.15) is 0 Å². The average molecular weight is 351 g/mol. The molecular formula is C18H18KNO4. The topological polar surface area (TPSA) is 78.5 Å². The maximum absolute atomic E-state index is 11.2. The van der Waals surface area contributed by atoms with Crippen LogP contribution in [0.1, 0.15) is 18.4 Å². The van der Waals surface area contributed by atoms with Crippen LogP contribution in [-0.2, 0) is 16.0 Å². The zero-order valence-corrected chi connectivity index (χ0v) is 16.8. The zero-order valence-electron chi connectivity index (χ0n) is 13.7. The van der Waals surface area contributed by atoms with Gasteiger partial charge in [-0.15, -0.1) is 0 Å². The van der Waals surface area contributed by atoms with Crippen LogP contribution in [0.4, 0.5) is 0 Å². The molecule has 0 aromatic heterocycles. The van der Waals surface area contributed by atoms with Crippen molar-refractivity contribution in [1.82, 2.24) is 5.32 Å². The minimum Gasteiger partial charge on any atom is -0.550 e. The van der Waals surface area contributed by atoms with Crippen LogP contribution in [0, 0.1) is 0 Å². The normalized spacial score (nSPS) is 9.67. The number of carboxylic acids is 1. The first-order valence-electron chi connectivity index (χ1n) is 7.42. The molecule has 6 heteroatoms. The summed E-state index contributed by atoms with van der Waals surface area (Å²) in [7, 11) is 0. The fourth-order valence-electron chi connectivity index (χ4n) is 2.10. The van der Waals surface area contributed by atoms with Crippen LogP contribution in [0.2, 0.25) is 0 Å². The molecular weight excluding hydrogens is 333 g/mol. The Kier molecular flexibility index (Phi) is 9.90. The van der Waals surface area contributed by atoms with Crippen LogP contribution >= 0.6 is 0 Å². The van der Waals surface area contributed by atoms with Gasteiger partial charge >= 0.3 is 51.4 Å². The summed E-state index contributed by atoms with van der Waals surface area (Å²) in [5, 5.41) is 12.8. The molecule has 0 aliphatic carbocycles. The molecule has 2 aromatic rings. The second-order valence-electron chi connectivity index (χ2n) is 5.06. The fourth-order valence-corrected chi connectivity index (χ4v) is 2.10. The first-order valence-corrected chi connectivity index (χ1v) is 7.42. The summed E-state index contributed by atoms with van der Waals surface area (Å²) < 4.78 is 5.77. The molecule has 0 heterocycles. The molecule has 0 spiro atoms. The quantitative estimate of drug-likeness (QED) is 0.363. The second-order valence-corrected chi connectivity index (χ2v) is 5.06. The van der Waals surface area contributed by atoms with E-state index in [1.165, 1.54) is 0 Å². The van der Waals surface area contributed by atoms with Gasteiger partial charge in [0.15, 0.2) is 0 Å². The first kappa shape index (κ1) is 20.9. The van der Waals surface area contributed by atoms with Crippen molar-refractivity contribution in [3.8, 4) is 11.5 Å². The van der Waals surface area contributed by atoms with E-state index in [1.54, 1.807) is 0 Å².